The van der Waals surface area contributed by atoms with Crippen molar-refractivity contribution in [2.45, 2.75) is 26.8 Å². The van der Waals surface area contributed by atoms with Crippen molar-refractivity contribution in [3.05, 3.63) is 29.3 Å². The van der Waals surface area contributed by atoms with Gasteiger partial charge in [-0.25, -0.2) is 0 Å². The van der Waals surface area contributed by atoms with Crippen LogP contribution in [0.1, 0.15) is 18.1 Å². The van der Waals surface area contributed by atoms with Gasteiger partial charge in [0, 0.05) is 5.69 Å². The Balaban J connectivity index is 0.000000472. The van der Waals surface area contributed by atoms with E-state index in [1.165, 1.54) is 0 Å². The van der Waals surface area contributed by atoms with Crippen LogP contribution < -0.4 is 11.1 Å². The summed E-state index contributed by atoms with van der Waals surface area (Å²) in [5, 5.41) is 11.7. The van der Waals surface area contributed by atoms with E-state index in [-0.39, 0.29) is 13.2 Å². The lowest BCUT2D eigenvalue weighted by Crippen LogP contribution is -2.25. The summed E-state index contributed by atoms with van der Waals surface area (Å²) in [6.07, 6.45) is 4.76. The highest BCUT2D eigenvalue weighted by Crippen LogP contribution is 2.17. The molecule has 0 aliphatic heterocycles. The number of carbonyl (C=O) groups excluding carboxylic acids is 1. The molecule has 22 heavy (non-hydrogen) atoms. The number of nitrogens with one attached hydrogen (secondary N) is 1. The summed E-state index contributed by atoms with van der Waals surface area (Å²) in [6.45, 7) is 5.47. The molecule has 6 nitrogen and oxygen atoms in total. The first-order valence-electron chi connectivity index (χ1n) is 6.67. The number of hydrogen-bond acceptors (Lipinski definition) is 5. The Labute approximate surface area is 130 Å². The molecule has 0 bridgehead atoms. The molecule has 0 saturated carbocycles. The van der Waals surface area contributed by atoms with Crippen LogP contribution in [0, 0.1) is 26.2 Å². The number of aliphatic carboxylic acids is 1. The minimum Gasteiger partial charge on any atom is -0.480 e. The molecule has 1 atom stereocenters. The van der Waals surface area contributed by atoms with Crippen molar-refractivity contribution < 1.29 is 19.4 Å². The molecule has 0 aliphatic carbocycles. The molecule has 4 N–H and O–H groups in total. The van der Waals surface area contributed by atoms with Gasteiger partial charge in [-0.05, 0) is 38.0 Å². The van der Waals surface area contributed by atoms with E-state index in [4.69, 9.17) is 17.3 Å². The third-order valence-electron chi connectivity index (χ3n) is 2.62. The summed E-state index contributed by atoms with van der Waals surface area (Å²) in [7, 11) is 0. The van der Waals surface area contributed by atoms with Crippen LogP contribution in [0.25, 0.3) is 0 Å². The van der Waals surface area contributed by atoms with E-state index in [0.717, 1.165) is 16.8 Å². The van der Waals surface area contributed by atoms with Crippen molar-refractivity contribution in [1.29, 1.82) is 0 Å². The predicted molar refractivity (Wildman–Crippen MR) is 85.5 cm³/mol. The number of esters is 1. The lowest BCUT2D eigenvalue weighted by atomic mass is 10.1. The van der Waals surface area contributed by atoms with Gasteiger partial charge in [-0.15, -0.1) is 6.42 Å². The van der Waals surface area contributed by atoms with Crippen molar-refractivity contribution in [1.82, 2.24) is 0 Å². The van der Waals surface area contributed by atoms with Gasteiger partial charge in [0.1, 0.15) is 6.04 Å². The smallest absolute Gasteiger partial charge is 0.325 e. The molecule has 0 aromatic heterocycles. The maximum atomic E-state index is 10.6. The van der Waals surface area contributed by atoms with Crippen molar-refractivity contribution in [2.75, 3.05) is 18.5 Å². The number of carboxylic acids is 1. The Morgan fingerprint density at radius 1 is 1.45 bits per heavy atom. The number of terminal acetylenes is 1. The van der Waals surface area contributed by atoms with E-state index in [2.05, 4.69) is 16.0 Å². The van der Waals surface area contributed by atoms with Crippen LogP contribution in [0.15, 0.2) is 18.2 Å². The number of anilines is 1. The van der Waals surface area contributed by atoms with Crippen molar-refractivity contribution in [3.63, 3.8) is 0 Å². The van der Waals surface area contributed by atoms with Gasteiger partial charge >= 0.3 is 11.9 Å². The second kappa shape index (κ2) is 10.2. The Morgan fingerprint density at radius 2 is 2.09 bits per heavy atom. The normalized spacial score (nSPS) is 10.5. The summed E-state index contributed by atoms with van der Waals surface area (Å²) >= 11 is 0. The van der Waals surface area contributed by atoms with E-state index in [0.29, 0.717) is 0 Å². The second-order valence-electron chi connectivity index (χ2n) is 4.59. The van der Waals surface area contributed by atoms with E-state index in [1.807, 2.05) is 32.0 Å². The van der Waals surface area contributed by atoms with Crippen LogP contribution in [0.2, 0.25) is 0 Å². The average Bonchev–Trinajstić information content (AvgIpc) is 2.48. The monoisotopic (exact) mass is 306 g/mol. The molecule has 120 valence electrons. The summed E-state index contributed by atoms with van der Waals surface area (Å²) in [4.78, 5) is 20.8. The van der Waals surface area contributed by atoms with Gasteiger partial charge in [0.05, 0.1) is 6.54 Å². The molecule has 0 amide bonds. The number of rotatable bonds is 5. The maximum Gasteiger partial charge on any atom is 0.325 e. The zero-order valence-corrected chi connectivity index (χ0v) is 13.1. The number of nitrogens with two attached hydrogens (primary N) is 1. The number of hydrogen-bond donors (Lipinski definition) is 3. The average molecular weight is 306 g/mol. The maximum absolute atomic E-state index is 10.6. The van der Waals surface area contributed by atoms with Gasteiger partial charge < -0.3 is 20.9 Å². The Morgan fingerprint density at radius 3 is 2.59 bits per heavy atom. The number of aryl methyl sites for hydroxylation is 2. The molecular weight excluding hydrogens is 284 g/mol. The van der Waals surface area contributed by atoms with Gasteiger partial charge in [-0.2, -0.15) is 0 Å². The highest BCUT2D eigenvalue weighted by atomic mass is 16.5. The largest absolute Gasteiger partial charge is 0.480 e. The van der Waals surface area contributed by atoms with Crippen molar-refractivity contribution in [2.24, 2.45) is 5.73 Å². The van der Waals surface area contributed by atoms with E-state index < -0.39 is 18.0 Å². The Kier molecular flexibility index (Phi) is 9.07. The van der Waals surface area contributed by atoms with Crippen LogP contribution in [-0.2, 0) is 14.3 Å². The molecule has 0 heterocycles. The third-order valence-corrected chi connectivity index (χ3v) is 2.62. The van der Waals surface area contributed by atoms with Crippen LogP contribution in [0.5, 0.6) is 0 Å². The van der Waals surface area contributed by atoms with E-state index in [1.54, 1.807) is 6.92 Å². The van der Waals surface area contributed by atoms with Crippen LogP contribution in [0.4, 0.5) is 5.69 Å². The zero-order valence-electron chi connectivity index (χ0n) is 13.1. The summed E-state index contributed by atoms with van der Waals surface area (Å²) in [5.74, 6) is 0.823. The van der Waals surface area contributed by atoms with Gasteiger partial charge in [0.2, 0.25) is 0 Å². The molecule has 1 aromatic rings. The van der Waals surface area contributed by atoms with Gasteiger partial charge in [0.15, 0.2) is 6.61 Å². The van der Waals surface area contributed by atoms with Gasteiger partial charge in [0.25, 0.3) is 0 Å². The fraction of sp³-hybridized carbons (Fsp3) is 0.375. The SMILES string of the molecule is C#CCOC(=O)CN.Cc1ccc(C)c(N[C@@H](C)C(=O)O)c1. The van der Waals surface area contributed by atoms with Crippen molar-refractivity contribution >= 4 is 17.6 Å². The highest BCUT2D eigenvalue weighted by Gasteiger charge is 2.10. The molecule has 1 aromatic carbocycles. The first-order valence-corrected chi connectivity index (χ1v) is 6.67. The molecule has 0 unspecified atom stereocenters. The molecule has 0 spiro atoms. The third kappa shape index (κ3) is 7.92. The molecule has 0 fully saturated rings. The van der Waals surface area contributed by atoms with Crippen LogP contribution >= 0.6 is 0 Å². The van der Waals surface area contributed by atoms with Gasteiger partial charge in [-0.3, -0.25) is 9.59 Å². The quantitative estimate of drug-likeness (QED) is 0.560. The number of carboxylic acid groups (broad SMARTS) is 1. The summed E-state index contributed by atoms with van der Waals surface area (Å²) in [6, 6.07) is 5.38. The first-order chi connectivity index (χ1) is 10.3. The topological polar surface area (TPSA) is 102 Å². The fourth-order valence-electron chi connectivity index (χ4n) is 1.37. The Bertz CT molecular complexity index is 550. The number of benzene rings is 1. The summed E-state index contributed by atoms with van der Waals surface area (Å²) < 4.78 is 4.34. The van der Waals surface area contributed by atoms with Gasteiger partial charge in [-0.1, -0.05) is 18.1 Å². The minimum absolute atomic E-state index is 0.00995. The standard InChI is InChI=1S/C11H15NO2.C5H7NO2/c1-7-4-5-8(2)10(6-7)12-9(3)11(13)14;1-2-3-8-5(7)4-6/h4-6,9,12H,1-3H3,(H,13,14);1H,3-4,6H2/t9-;/m0./s1. The Hall–Kier alpha value is -2.52. The number of ether oxygens (including phenoxy) is 1. The molecule has 0 aliphatic rings. The van der Waals surface area contributed by atoms with Crippen LogP contribution in [-0.4, -0.2) is 36.2 Å². The highest BCUT2D eigenvalue weighted by molar-refractivity contribution is 5.77. The minimum atomic E-state index is -0.842. The number of carbonyl (C=O) groups is 2. The van der Waals surface area contributed by atoms with Crippen molar-refractivity contribution in [3.8, 4) is 12.3 Å². The summed E-state index contributed by atoms with van der Waals surface area (Å²) in [5.41, 5.74) is 7.94. The van der Waals surface area contributed by atoms with Crippen LogP contribution in [0.3, 0.4) is 0 Å². The predicted octanol–water partition coefficient (Wildman–Crippen LogP) is 1.31. The second-order valence-corrected chi connectivity index (χ2v) is 4.59. The molecular formula is C16H22N2O4. The lowest BCUT2D eigenvalue weighted by Gasteiger charge is -2.13. The zero-order chi connectivity index (χ0) is 17.1. The fourth-order valence-corrected chi connectivity index (χ4v) is 1.37. The molecule has 0 saturated heterocycles. The molecule has 0 radical (unpaired) electrons. The first kappa shape index (κ1) is 19.5. The molecule has 6 heteroatoms. The van der Waals surface area contributed by atoms with E-state index >= 15 is 0 Å². The van der Waals surface area contributed by atoms with E-state index in [9.17, 15) is 9.59 Å². The lowest BCUT2D eigenvalue weighted by molar-refractivity contribution is -0.140. The molecule has 1 rings (SSSR count).